The molecular weight excluding hydrogens is 290 g/mol. The second-order valence-corrected chi connectivity index (χ2v) is 6.62. The van der Waals surface area contributed by atoms with Crippen LogP contribution in [0.4, 0.5) is 0 Å². The van der Waals surface area contributed by atoms with Gasteiger partial charge in [0.1, 0.15) is 6.10 Å². The zero-order valence-corrected chi connectivity index (χ0v) is 14.4. The van der Waals surface area contributed by atoms with E-state index in [-0.39, 0.29) is 6.10 Å². The van der Waals surface area contributed by atoms with Gasteiger partial charge in [0.15, 0.2) is 11.5 Å². The summed E-state index contributed by atoms with van der Waals surface area (Å²) in [7, 11) is 3.86. The standard InChI is InChI=1S/C18H29N3O2/c1-20-9-6-16(14-20)23-17-4-3-15(13-18(17)22-2)5-10-21-11-7-19-8-12-21/h3-4,13,16,19H,5-12,14H2,1-2H3. The topological polar surface area (TPSA) is 37.0 Å². The monoisotopic (exact) mass is 319 g/mol. The Morgan fingerprint density at radius 3 is 2.70 bits per heavy atom. The molecular formula is C18H29N3O2. The molecule has 5 heteroatoms. The molecule has 5 nitrogen and oxygen atoms in total. The molecule has 128 valence electrons. The number of hydrogen-bond donors (Lipinski definition) is 1. The van der Waals surface area contributed by atoms with E-state index in [2.05, 4.69) is 40.4 Å². The van der Waals surface area contributed by atoms with Crippen LogP contribution in [0, 0.1) is 0 Å². The highest BCUT2D eigenvalue weighted by Crippen LogP contribution is 2.30. The Hall–Kier alpha value is -1.30. The molecule has 0 bridgehead atoms. The normalized spacial score (nSPS) is 23.1. The SMILES string of the molecule is COc1cc(CCN2CCNCC2)ccc1OC1CCN(C)C1. The van der Waals surface area contributed by atoms with Crippen molar-refractivity contribution in [3.8, 4) is 11.5 Å². The predicted octanol–water partition coefficient (Wildman–Crippen LogP) is 1.23. The first-order valence-electron chi connectivity index (χ1n) is 8.70. The van der Waals surface area contributed by atoms with Crippen molar-refractivity contribution >= 4 is 0 Å². The molecule has 2 fully saturated rings. The van der Waals surface area contributed by atoms with E-state index in [1.54, 1.807) is 7.11 Å². The fraction of sp³-hybridized carbons (Fsp3) is 0.667. The molecule has 2 heterocycles. The second kappa shape index (κ2) is 7.99. The Morgan fingerprint density at radius 2 is 2.00 bits per heavy atom. The van der Waals surface area contributed by atoms with Gasteiger partial charge in [-0.2, -0.15) is 0 Å². The second-order valence-electron chi connectivity index (χ2n) is 6.62. The number of rotatable bonds is 6. The van der Waals surface area contributed by atoms with E-state index >= 15 is 0 Å². The summed E-state index contributed by atoms with van der Waals surface area (Å²) in [6, 6.07) is 6.39. The molecule has 2 aliphatic rings. The number of nitrogens with zero attached hydrogens (tertiary/aromatic N) is 2. The van der Waals surface area contributed by atoms with Crippen molar-refractivity contribution < 1.29 is 9.47 Å². The number of likely N-dealkylation sites (tertiary alicyclic amines) is 1. The van der Waals surface area contributed by atoms with E-state index in [1.807, 2.05) is 0 Å². The molecule has 1 atom stereocenters. The Kier molecular flexibility index (Phi) is 5.75. The number of nitrogens with one attached hydrogen (secondary N) is 1. The van der Waals surface area contributed by atoms with Crippen molar-refractivity contribution in [2.24, 2.45) is 0 Å². The van der Waals surface area contributed by atoms with E-state index in [4.69, 9.17) is 9.47 Å². The Bertz CT molecular complexity index is 503. The van der Waals surface area contributed by atoms with Gasteiger partial charge in [0, 0.05) is 45.8 Å². The van der Waals surface area contributed by atoms with Crippen LogP contribution >= 0.6 is 0 Å². The van der Waals surface area contributed by atoms with E-state index < -0.39 is 0 Å². The quantitative estimate of drug-likeness (QED) is 0.853. The van der Waals surface area contributed by atoms with Crippen LogP contribution in [0.25, 0.3) is 0 Å². The maximum absolute atomic E-state index is 6.13. The number of benzene rings is 1. The number of piperazine rings is 1. The van der Waals surface area contributed by atoms with Crippen LogP contribution in [0.5, 0.6) is 11.5 Å². The highest BCUT2D eigenvalue weighted by Gasteiger charge is 2.22. The van der Waals surface area contributed by atoms with Crippen molar-refractivity contribution in [1.82, 2.24) is 15.1 Å². The first kappa shape index (κ1) is 16.6. The van der Waals surface area contributed by atoms with Crippen molar-refractivity contribution in [2.75, 3.05) is 60.0 Å². The van der Waals surface area contributed by atoms with Crippen LogP contribution in [0.2, 0.25) is 0 Å². The third-order valence-corrected chi connectivity index (χ3v) is 4.80. The molecule has 23 heavy (non-hydrogen) atoms. The lowest BCUT2D eigenvalue weighted by molar-refractivity contribution is 0.199. The van der Waals surface area contributed by atoms with Gasteiger partial charge in [0.05, 0.1) is 7.11 Å². The first-order valence-corrected chi connectivity index (χ1v) is 8.70. The summed E-state index contributed by atoms with van der Waals surface area (Å²) in [5, 5.41) is 3.39. The van der Waals surface area contributed by atoms with Crippen LogP contribution in [-0.4, -0.2) is 75.9 Å². The third kappa shape index (κ3) is 4.59. The highest BCUT2D eigenvalue weighted by molar-refractivity contribution is 5.43. The molecule has 1 unspecified atom stereocenters. The highest BCUT2D eigenvalue weighted by atomic mass is 16.5. The lowest BCUT2D eigenvalue weighted by atomic mass is 10.1. The van der Waals surface area contributed by atoms with Crippen molar-refractivity contribution in [1.29, 1.82) is 0 Å². The van der Waals surface area contributed by atoms with Crippen molar-refractivity contribution in [3.63, 3.8) is 0 Å². The van der Waals surface area contributed by atoms with Gasteiger partial charge < -0.3 is 24.6 Å². The van der Waals surface area contributed by atoms with Crippen LogP contribution in [-0.2, 0) is 6.42 Å². The minimum Gasteiger partial charge on any atom is -0.493 e. The maximum atomic E-state index is 6.13. The van der Waals surface area contributed by atoms with Crippen LogP contribution < -0.4 is 14.8 Å². The zero-order chi connectivity index (χ0) is 16.1. The lowest BCUT2D eigenvalue weighted by Crippen LogP contribution is -2.44. The molecule has 0 aliphatic carbocycles. The Balaban J connectivity index is 1.57. The molecule has 0 radical (unpaired) electrons. The molecule has 2 aliphatic heterocycles. The number of methoxy groups -OCH3 is 1. The molecule has 0 spiro atoms. The minimum atomic E-state index is 0.278. The fourth-order valence-corrected chi connectivity index (χ4v) is 3.36. The van der Waals surface area contributed by atoms with Gasteiger partial charge in [-0.3, -0.25) is 0 Å². The minimum absolute atomic E-state index is 0.278. The molecule has 3 rings (SSSR count). The van der Waals surface area contributed by atoms with Gasteiger partial charge in [-0.05, 0) is 37.6 Å². The van der Waals surface area contributed by atoms with Crippen molar-refractivity contribution in [3.05, 3.63) is 23.8 Å². The molecule has 1 N–H and O–H groups in total. The summed E-state index contributed by atoms with van der Waals surface area (Å²) in [6.07, 6.45) is 2.42. The lowest BCUT2D eigenvalue weighted by Gasteiger charge is -2.27. The van der Waals surface area contributed by atoms with Crippen LogP contribution in [0.15, 0.2) is 18.2 Å². The Labute approximate surface area is 139 Å². The number of likely N-dealkylation sites (N-methyl/N-ethyl adjacent to an activating group) is 1. The molecule has 0 saturated carbocycles. The van der Waals surface area contributed by atoms with E-state index in [0.717, 1.165) is 70.2 Å². The Morgan fingerprint density at radius 1 is 1.17 bits per heavy atom. The third-order valence-electron chi connectivity index (χ3n) is 4.80. The number of hydrogen-bond acceptors (Lipinski definition) is 5. The first-order chi connectivity index (χ1) is 11.2. The largest absolute Gasteiger partial charge is 0.493 e. The van der Waals surface area contributed by atoms with Gasteiger partial charge in [0.2, 0.25) is 0 Å². The summed E-state index contributed by atoms with van der Waals surface area (Å²) in [5.41, 5.74) is 1.32. The van der Waals surface area contributed by atoms with Gasteiger partial charge in [-0.25, -0.2) is 0 Å². The van der Waals surface area contributed by atoms with E-state index in [1.165, 1.54) is 5.56 Å². The molecule has 1 aromatic carbocycles. The fourth-order valence-electron chi connectivity index (χ4n) is 3.36. The predicted molar refractivity (Wildman–Crippen MR) is 92.5 cm³/mol. The molecule has 2 saturated heterocycles. The molecule has 1 aromatic rings. The van der Waals surface area contributed by atoms with Gasteiger partial charge >= 0.3 is 0 Å². The summed E-state index contributed by atoms with van der Waals surface area (Å²) in [4.78, 5) is 4.82. The smallest absolute Gasteiger partial charge is 0.161 e. The summed E-state index contributed by atoms with van der Waals surface area (Å²) in [6.45, 7) is 7.71. The van der Waals surface area contributed by atoms with E-state index in [9.17, 15) is 0 Å². The molecule has 0 aromatic heterocycles. The van der Waals surface area contributed by atoms with Gasteiger partial charge in [0.25, 0.3) is 0 Å². The zero-order valence-electron chi connectivity index (χ0n) is 14.4. The van der Waals surface area contributed by atoms with Gasteiger partial charge in [-0.1, -0.05) is 6.07 Å². The molecule has 0 amide bonds. The van der Waals surface area contributed by atoms with Crippen LogP contribution in [0.1, 0.15) is 12.0 Å². The van der Waals surface area contributed by atoms with E-state index in [0.29, 0.717) is 0 Å². The average molecular weight is 319 g/mol. The summed E-state index contributed by atoms with van der Waals surface area (Å²) < 4.78 is 11.7. The van der Waals surface area contributed by atoms with Gasteiger partial charge in [-0.15, -0.1) is 0 Å². The maximum Gasteiger partial charge on any atom is 0.161 e. The number of ether oxygens (including phenoxy) is 2. The summed E-state index contributed by atoms with van der Waals surface area (Å²) in [5.74, 6) is 1.73. The average Bonchev–Trinajstić information content (AvgIpc) is 3.00. The summed E-state index contributed by atoms with van der Waals surface area (Å²) >= 11 is 0. The van der Waals surface area contributed by atoms with Crippen molar-refractivity contribution in [2.45, 2.75) is 18.9 Å². The van der Waals surface area contributed by atoms with Crippen LogP contribution in [0.3, 0.4) is 0 Å².